The normalized spacial score (nSPS) is 12.6. The monoisotopic (exact) mass is 308 g/mol. The molecule has 0 heterocycles. The van der Waals surface area contributed by atoms with E-state index in [4.69, 9.17) is 11.6 Å². The molecule has 2 rings (SSSR count). The first-order valence-corrected chi connectivity index (χ1v) is 7.35. The zero-order valence-electron chi connectivity index (χ0n) is 12.9. The average molecular weight is 309 g/mol. The average Bonchev–Trinajstić information content (AvgIpc) is 2.43. The molecule has 2 aromatic carbocycles. The minimum Gasteiger partial charge on any atom is -0.207 e. The molecule has 0 amide bonds. The van der Waals surface area contributed by atoms with Crippen LogP contribution in [0.1, 0.15) is 44.3 Å². The first kappa shape index (κ1) is 16.0. The van der Waals surface area contributed by atoms with Gasteiger partial charge in [0.1, 0.15) is 11.6 Å². The van der Waals surface area contributed by atoms with Gasteiger partial charge in [-0.15, -0.1) is 11.6 Å². The van der Waals surface area contributed by atoms with Gasteiger partial charge in [0.2, 0.25) is 0 Å². The first-order chi connectivity index (χ1) is 9.77. The van der Waals surface area contributed by atoms with E-state index in [0.717, 1.165) is 27.8 Å². The summed E-state index contributed by atoms with van der Waals surface area (Å²) < 4.78 is 28.0. The van der Waals surface area contributed by atoms with Crippen molar-refractivity contribution in [1.29, 1.82) is 0 Å². The van der Waals surface area contributed by atoms with Crippen LogP contribution >= 0.6 is 11.6 Å². The topological polar surface area (TPSA) is 0 Å². The minimum absolute atomic E-state index is 0.0759. The third-order valence-electron chi connectivity index (χ3n) is 4.56. The highest BCUT2D eigenvalue weighted by atomic mass is 35.5. The van der Waals surface area contributed by atoms with Crippen molar-refractivity contribution in [2.45, 2.75) is 40.0 Å². The predicted octanol–water partition coefficient (Wildman–Crippen LogP) is 5.84. The molecule has 0 spiro atoms. The second-order valence-corrected chi connectivity index (χ2v) is 5.97. The van der Waals surface area contributed by atoms with Crippen LogP contribution < -0.4 is 0 Å². The van der Waals surface area contributed by atoms with Crippen molar-refractivity contribution >= 4 is 11.6 Å². The van der Waals surface area contributed by atoms with Gasteiger partial charge in [0.15, 0.2) is 0 Å². The van der Waals surface area contributed by atoms with Gasteiger partial charge in [-0.3, -0.25) is 0 Å². The lowest BCUT2D eigenvalue weighted by atomic mass is 9.86. The van der Waals surface area contributed by atoms with Gasteiger partial charge in [-0.2, -0.15) is 0 Å². The molecule has 0 bridgehead atoms. The first-order valence-electron chi connectivity index (χ1n) is 6.92. The SMILES string of the molecule is Cc1c(C)c(C)c(C(Cl)c2c(F)cccc2F)c(C)c1C. The number of benzene rings is 2. The summed E-state index contributed by atoms with van der Waals surface area (Å²) in [6, 6.07) is 3.84. The molecule has 1 unspecified atom stereocenters. The second-order valence-electron chi connectivity index (χ2n) is 5.54. The van der Waals surface area contributed by atoms with Crippen LogP contribution in [0.5, 0.6) is 0 Å². The van der Waals surface area contributed by atoms with E-state index in [1.807, 2.05) is 27.7 Å². The van der Waals surface area contributed by atoms with Gasteiger partial charge in [-0.25, -0.2) is 8.78 Å². The molecule has 0 saturated carbocycles. The molecule has 0 N–H and O–H groups in total. The molecule has 0 aromatic heterocycles. The van der Waals surface area contributed by atoms with E-state index in [1.165, 1.54) is 23.8 Å². The van der Waals surface area contributed by atoms with Crippen LogP contribution in [0.15, 0.2) is 18.2 Å². The quantitative estimate of drug-likeness (QED) is 0.612. The van der Waals surface area contributed by atoms with Crippen molar-refractivity contribution in [3.8, 4) is 0 Å². The Kier molecular flexibility index (Phi) is 4.38. The maximum absolute atomic E-state index is 14.0. The molecule has 0 aliphatic carbocycles. The molecule has 21 heavy (non-hydrogen) atoms. The molecule has 0 saturated heterocycles. The number of halogens is 3. The summed E-state index contributed by atoms with van der Waals surface area (Å²) in [4.78, 5) is 0. The second kappa shape index (κ2) is 5.76. The third-order valence-corrected chi connectivity index (χ3v) is 5.00. The van der Waals surface area contributed by atoms with Crippen LogP contribution in [0, 0.1) is 46.3 Å². The third kappa shape index (κ3) is 2.57. The van der Waals surface area contributed by atoms with Crippen molar-refractivity contribution in [1.82, 2.24) is 0 Å². The molecular weight excluding hydrogens is 290 g/mol. The molecule has 3 heteroatoms. The Labute approximate surface area is 129 Å². The number of hydrogen-bond acceptors (Lipinski definition) is 0. The van der Waals surface area contributed by atoms with E-state index in [2.05, 4.69) is 6.92 Å². The van der Waals surface area contributed by atoms with Crippen LogP contribution in [-0.2, 0) is 0 Å². The van der Waals surface area contributed by atoms with Crippen LogP contribution in [0.4, 0.5) is 8.78 Å². The summed E-state index contributed by atoms with van der Waals surface area (Å²) in [5, 5.41) is -0.829. The molecule has 0 radical (unpaired) electrons. The highest BCUT2D eigenvalue weighted by Crippen LogP contribution is 2.39. The smallest absolute Gasteiger partial charge is 0.131 e. The molecule has 0 aliphatic rings. The van der Waals surface area contributed by atoms with Gasteiger partial charge in [0.05, 0.1) is 5.38 Å². The Balaban J connectivity index is 2.73. The molecule has 2 aromatic rings. The Morgan fingerprint density at radius 2 is 1.10 bits per heavy atom. The molecule has 0 aliphatic heterocycles. The van der Waals surface area contributed by atoms with E-state index < -0.39 is 17.0 Å². The zero-order valence-corrected chi connectivity index (χ0v) is 13.7. The lowest BCUT2D eigenvalue weighted by Crippen LogP contribution is -2.08. The molecular formula is C18H19ClF2. The molecule has 112 valence electrons. The fourth-order valence-electron chi connectivity index (χ4n) is 2.81. The Morgan fingerprint density at radius 1 is 0.714 bits per heavy atom. The van der Waals surface area contributed by atoms with Gasteiger partial charge in [0.25, 0.3) is 0 Å². The standard InChI is InChI=1S/C18H19ClF2/c1-9-10(2)12(4)16(13(5)11(9)3)18(19)17-14(20)7-6-8-15(17)21/h6-8,18H,1-5H3. The van der Waals surface area contributed by atoms with E-state index in [9.17, 15) is 8.78 Å². The van der Waals surface area contributed by atoms with Gasteiger partial charge in [0, 0.05) is 5.56 Å². The Hall–Kier alpha value is -1.41. The van der Waals surface area contributed by atoms with Crippen LogP contribution in [0.3, 0.4) is 0 Å². The van der Waals surface area contributed by atoms with E-state index in [-0.39, 0.29) is 5.56 Å². The fraction of sp³-hybridized carbons (Fsp3) is 0.333. The largest absolute Gasteiger partial charge is 0.207 e. The highest BCUT2D eigenvalue weighted by Gasteiger charge is 2.25. The summed E-state index contributed by atoms with van der Waals surface area (Å²) >= 11 is 6.47. The van der Waals surface area contributed by atoms with Gasteiger partial charge < -0.3 is 0 Å². The number of rotatable bonds is 2. The van der Waals surface area contributed by atoms with Crippen molar-refractivity contribution in [2.75, 3.05) is 0 Å². The Morgan fingerprint density at radius 3 is 1.52 bits per heavy atom. The summed E-state index contributed by atoms with van der Waals surface area (Å²) in [6.07, 6.45) is 0. The van der Waals surface area contributed by atoms with Gasteiger partial charge >= 0.3 is 0 Å². The van der Waals surface area contributed by atoms with Gasteiger partial charge in [-0.1, -0.05) is 6.07 Å². The van der Waals surface area contributed by atoms with Crippen molar-refractivity contribution in [2.24, 2.45) is 0 Å². The maximum atomic E-state index is 14.0. The van der Waals surface area contributed by atoms with Crippen molar-refractivity contribution < 1.29 is 8.78 Å². The molecule has 0 fully saturated rings. The summed E-state index contributed by atoms with van der Waals surface area (Å²) in [5.74, 6) is -1.21. The molecule has 1 atom stereocenters. The number of alkyl halides is 1. The zero-order chi connectivity index (χ0) is 15.9. The summed E-state index contributed by atoms with van der Waals surface area (Å²) in [5.41, 5.74) is 6.17. The van der Waals surface area contributed by atoms with Gasteiger partial charge in [-0.05, 0) is 80.1 Å². The summed E-state index contributed by atoms with van der Waals surface area (Å²) in [6.45, 7) is 10.0. The highest BCUT2D eigenvalue weighted by molar-refractivity contribution is 6.23. The summed E-state index contributed by atoms with van der Waals surface area (Å²) in [7, 11) is 0. The fourth-order valence-corrected chi connectivity index (χ4v) is 3.34. The predicted molar refractivity (Wildman–Crippen MR) is 84.2 cm³/mol. The van der Waals surface area contributed by atoms with E-state index in [0.29, 0.717) is 0 Å². The Bertz CT molecular complexity index is 656. The van der Waals surface area contributed by atoms with Crippen LogP contribution in [-0.4, -0.2) is 0 Å². The molecule has 0 nitrogen and oxygen atoms in total. The number of hydrogen-bond donors (Lipinski definition) is 0. The maximum Gasteiger partial charge on any atom is 0.131 e. The van der Waals surface area contributed by atoms with Crippen LogP contribution in [0.25, 0.3) is 0 Å². The van der Waals surface area contributed by atoms with E-state index >= 15 is 0 Å². The lowest BCUT2D eigenvalue weighted by molar-refractivity contribution is 0.558. The van der Waals surface area contributed by atoms with Crippen LogP contribution in [0.2, 0.25) is 0 Å². The lowest BCUT2D eigenvalue weighted by Gasteiger charge is -2.22. The van der Waals surface area contributed by atoms with Crippen molar-refractivity contribution in [3.63, 3.8) is 0 Å². The van der Waals surface area contributed by atoms with E-state index in [1.54, 1.807) is 0 Å². The minimum atomic E-state index is -0.829. The van der Waals surface area contributed by atoms with Crippen molar-refractivity contribution in [3.05, 3.63) is 68.8 Å².